The predicted molar refractivity (Wildman–Crippen MR) is 87.7 cm³/mol. The highest BCUT2D eigenvalue weighted by Gasteiger charge is 2.63. The molecule has 1 aliphatic carbocycles. The van der Waals surface area contributed by atoms with E-state index in [1.807, 2.05) is 19.1 Å². The smallest absolute Gasteiger partial charge is 0.207 e. The van der Waals surface area contributed by atoms with Crippen LogP contribution in [0.2, 0.25) is 0 Å². The van der Waals surface area contributed by atoms with Crippen molar-refractivity contribution in [1.29, 1.82) is 0 Å². The molecule has 140 valence electrons. The van der Waals surface area contributed by atoms with Crippen LogP contribution in [0.25, 0.3) is 11.1 Å². The summed E-state index contributed by atoms with van der Waals surface area (Å²) in [5.41, 5.74) is 1.21. The van der Waals surface area contributed by atoms with E-state index in [4.69, 9.17) is 0 Å². The first kappa shape index (κ1) is 18.8. The number of hydrogen-bond donors (Lipinski definition) is 0. The lowest BCUT2D eigenvalue weighted by molar-refractivity contribution is -0.185. The molecule has 3 rings (SSSR count). The van der Waals surface area contributed by atoms with Gasteiger partial charge in [-0.05, 0) is 35.2 Å². The van der Waals surface area contributed by atoms with Crippen molar-refractivity contribution in [3.63, 3.8) is 0 Å². The molecule has 0 atom stereocenters. The minimum Gasteiger partial charge on any atom is -0.207 e. The molecular weight excluding hydrogens is 354 g/mol. The second-order valence-corrected chi connectivity index (χ2v) is 6.81. The molecule has 2 aromatic rings. The molecule has 0 nitrogen and oxygen atoms in total. The van der Waals surface area contributed by atoms with E-state index in [1.165, 1.54) is 0 Å². The van der Waals surface area contributed by atoms with Gasteiger partial charge in [0.1, 0.15) is 11.6 Å². The average Bonchev–Trinajstić information content (AvgIpc) is 2.75. The van der Waals surface area contributed by atoms with Gasteiger partial charge >= 0.3 is 11.8 Å². The summed E-state index contributed by atoms with van der Waals surface area (Å²) in [7, 11) is 0. The normalized spacial score (nSPS) is 19.0. The standard InChI is InChI=1S/C20H18F6/c1-2-3-12-4-6-13(7-5-12)14-8-16(21)18(17(22)9-14)15-10-19(23,24)20(25,26)11-15/h4-9,15H,2-3,10-11H2,1H3. The lowest BCUT2D eigenvalue weighted by atomic mass is 9.93. The number of benzene rings is 2. The first-order valence-corrected chi connectivity index (χ1v) is 8.48. The van der Waals surface area contributed by atoms with Crippen molar-refractivity contribution in [2.45, 2.75) is 50.4 Å². The van der Waals surface area contributed by atoms with Crippen LogP contribution in [0.15, 0.2) is 36.4 Å². The summed E-state index contributed by atoms with van der Waals surface area (Å²) < 4.78 is 82.3. The van der Waals surface area contributed by atoms with E-state index in [9.17, 15) is 26.3 Å². The van der Waals surface area contributed by atoms with E-state index in [0.717, 1.165) is 30.5 Å². The third kappa shape index (κ3) is 3.33. The van der Waals surface area contributed by atoms with Gasteiger partial charge in [-0.25, -0.2) is 8.78 Å². The van der Waals surface area contributed by atoms with Crippen molar-refractivity contribution in [2.75, 3.05) is 0 Å². The summed E-state index contributed by atoms with van der Waals surface area (Å²) in [4.78, 5) is 0. The molecule has 0 heterocycles. The zero-order valence-electron chi connectivity index (χ0n) is 14.1. The van der Waals surface area contributed by atoms with Gasteiger partial charge in [0.15, 0.2) is 0 Å². The van der Waals surface area contributed by atoms with Crippen molar-refractivity contribution in [3.05, 3.63) is 59.2 Å². The number of hydrogen-bond acceptors (Lipinski definition) is 0. The zero-order chi connectivity index (χ0) is 19.1. The van der Waals surface area contributed by atoms with Gasteiger partial charge in [-0.2, -0.15) is 17.6 Å². The van der Waals surface area contributed by atoms with E-state index in [2.05, 4.69) is 0 Å². The third-order valence-electron chi connectivity index (χ3n) is 4.85. The molecule has 0 unspecified atom stereocenters. The molecular formula is C20H18F6. The Morgan fingerprint density at radius 1 is 0.846 bits per heavy atom. The molecule has 0 radical (unpaired) electrons. The highest BCUT2D eigenvalue weighted by molar-refractivity contribution is 5.64. The average molecular weight is 372 g/mol. The van der Waals surface area contributed by atoms with Gasteiger partial charge in [-0.1, -0.05) is 37.6 Å². The van der Waals surface area contributed by atoms with Crippen molar-refractivity contribution in [2.24, 2.45) is 0 Å². The topological polar surface area (TPSA) is 0 Å². The van der Waals surface area contributed by atoms with Crippen LogP contribution in [0.5, 0.6) is 0 Å². The summed E-state index contributed by atoms with van der Waals surface area (Å²) in [5, 5.41) is 0. The quantitative estimate of drug-likeness (QED) is 0.522. The second kappa shape index (κ2) is 6.63. The van der Waals surface area contributed by atoms with E-state index < -0.39 is 47.8 Å². The largest absolute Gasteiger partial charge is 0.310 e. The molecule has 0 aliphatic heterocycles. The third-order valence-corrected chi connectivity index (χ3v) is 4.85. The summed E-state index contributed by atoms with van der Waals surface area (Å²) in [6.45, 7) is 2.04. The molecule has 0 saturated heterocycles. The van der Waals surface area contributed by atoms with Crippen LogP contribution < -0.4 is 0 Å². The summed E-state index contributed by atoms with van der Waals surface area (Å²) >= 11 is 0. The molecule has 0 bridgehead atoms. The highest BCUT2D eigenvalue weighted by atomic mass is 19.3. The van der Waals surface area contributed by atoms with Crippen LogP contribution >= 0.6 is 0 Å². The van der Waals surface area contributed by atoms with Gasteiger partial charge in [-0.3, -0.25) is 0 Å². The first-order chi connectivity index (χ1) is 12.1. The van der Waals surface area contributed by atoms with Crippen molar-refractivity contribution in [1.82, 2.24) is 0 Å². The van der Waals surface area contributed by atoms with Gasteiger partial charge in [-0.15, -0.1) is 0 Å². The molecule has 0 N–H and O–H groups in total. The number of halogens is 6. The molecule has 26 heavy (non-hydrogen) atoms. The van der Waals surface area contributed by atoms with Gasteiger partial charge in [0.25, 0.3) is 0 Å². The summed E-state index contributed by atoms with van der Waals surface area (Å²) in [6, 6.07) is 9.17. The Morgan fingerprint density at radius 3 is 1.81 bits per heavy atom. The van der Waals surface area contributed by atoms with E-state index in [0.29, 0.717) is 5.56 Å². The van der Waals surface area contributed by atoms with Gasteiger partial charge < -0.3 is 0 Å². The van der Waals surface area contributed by atoms with Crippen LogP contribution in [-0.4, -0.2) is 11.8 Å². The van der Waals surface area contributed by atoms with Gasteiger partial charge in [0.05, 0.1) is 0 Å². The maximum absolute atomic E-state index is 14.4. The van der Waals surface area contributed by atoms with E-state index in [1.54, 1.807) is 12.1 Å². The molecule has 0 spiro atoms. The Morgan fingerprint density at radius 2 is 1.35 bits per heavy atom. The van der Waals surface area contributed by atoms with Crippen molar-refractivity contribution in [3.8, 4) is 11.1 Å². The van der Waals surface area contributed by atoms with Crippen LogP contribution in [0.3, 0.4) is 0 Å². The Labute approximate surface area is 147 Å². The lowest BCUT2D eigenvalue weighted by Gasteiger charge is -2.16. The fourth-order valence-electron chi connectivity index (χ4n) is 3.49. The lowest BCUT2D eigenvalue weighted by Crippen LogP contribution is -2.33. The summed E-state index contributed by atoms with van der Waals surface area (Å²) in [6.07, 6.45) is -0.683. The highest BCUT2D eigenvalue weighted by Crippen LogP contribution is 2.54. The van der Waals surface area contributed by atoms with Crippen LogP contribution in [-0.2, 0) is 6.42 Å². The number of aryl methyl sites for hydroxylation is 1. The molecule has 1 saturated carbocycles. The van der Waals surface area contributed by atoms with Crippen LogP contribution in [0, 0.1) is 11.6 Å². The molecule has 2 aromatic carbocycles. The summed E-state index contributed by atoms with van der Waals surface area (Å²) in [5.74, 6) is -12.2. The molecule has 1 aliphatic rings. The zero-order valence-corrected chi connectivity index (χ0v) is 14.1. The van der Waals surface area contributed by atoms with Crippen molar-refractivity contribution >= 4 is 0 Å². The minimum atomic E-state index is -4.26. The first-order valence-electron chi connectivity index (χ1n) is 8.48. The molecule has 6 heteroatoms. The van der Waals surface area contributed by atoms with Crippen LogP contribution in [0.1, 0.15) is 43.2 Å². The minimum absolute atomic E-state index is 0.239. The fraction of sp³-hybridized carbons (Fsp3) is 0.400. The van der Waals surface area contributed by atoms with E-state index >= 15 is 0 Å². The molecule has 1 fully saturated rings. The monoisotopic (exact) mass is 372 g/mol. The maximum Gasteiger partial charge on any atom is 0.310 e. The maximum atomic E-state index is 14.4. The second-order valence-electron chi connectivity index (χ2n) is 6.81. The Kier molecular flexibility index (Phi) is 4.80. The van der Waals surface area contributed by atoms with Gasteiger partial charge in [0, 0.05) is 24.3 Å². The Bertz CT molecular complexity index is 755. The van der Waals surface area contributed by atoms with Crippen LogP contribution in [0.4, 0.5) is 26.3 Å². The van der Waals surface area contributed by atoms with Gasteiger partial charge in [0.2, 0.25) is 0 Å². The van der Waals surface area contributed by atoms with E-state index in [-0.39, 0.29) is 5.56 Å². The molecule has 0 amide bonds. The fourth-order valence-corrected chi connectivity index (χ4v) is 3.49. The number of alkyl halides is 4. The van der Waals surface area contributed by atoms with Crippen molar-refractivity contribution < 1.29 is 26.3 Å². The SMILES string of the molecule is CCCc1ccc(-c2cc(F)c(C3CC(F)(F)C(F)(F)C3)c(F)c2)cc1. The molecule has 0 aromatic heterocycles. The number of rotatable bonds is 4. The predicted octanol–water partition coefficient (Wildman–Crippen LogP) is 6.73. The Balaban J connectivity index is 1.92. The Hall–Kier alpha value is -1.98.